The average Bonchev–Trinajstić information content (AvgIpc) is 2.78. The van der Waals surface area contributed by atoms with Crippen molar-refractivity contribution in [1.29, 1.82) is 0 Å². The number of halogens is 1. The van der Waals surface area contributed by atoms with Gasteiger partial charge in [0.05, 0.1) is 29.6 Å². The number of pyridine rings is 1. The van der Waals surface area contributed by atoms with Gasteiger partial charge in [-0.2, -0.15) is 0 Å². The van der Waals surface area contributed by atoms with Crippen molar-refractivity contribution >= 4 is 34.1 Å². The summed E-state index contributed by atoms with van der Waals surface area (Å²) in [6.07, 6.45) is 0.877. The summed E-state index contributed by atoms with van der Waals surface area (Å²) in [5.74, 6) is 0.395. The van der Waals surface area contributed by atoms with E-state index in [0.29, 0.717) is 27.7 Å². The molecule has 0 aliphatic heterocycles. The predicted molar refractivity (Wildman–Crippen MR) is 123 cm³/mol. The molecule has 0 aliphatic carbocycles. The minimum absolute atomic E-state index is 0.213. The van der Waals surface area contributed by atoms with Gasteiger partial charge in [-0.15, -0.1) is 0 Å². The Morgan fingerprint density at radius 3 is 2.53 bits per heavy atom. The number of nitrogens with one attached hydrogen (secondary N) is 1. The number of carbonyl (C=O) groups excluding carboxylic acids is 1. The number of para-hydroxylation sites is 2. The number of carbonyl (C=O) groups is 1. The van der Waals surface area contributed by atoms with Crippen LogP contribution >= 0.6 is 11.6 Å². The highest BCUT2D eigenvalue weighted by molar-refractivity contribution is 6.30. The molecule has 4 aromatic rings. The van der Waals surface area contributed by atoms with Crippen molar-refractivity contribution in [2.24, 2.45) is 0 Å². The van der Waals surface area contributed by atoms with E-state index in [1.165, 1.54) is 0 Å². The SMILES string of the molecule is CCc1ccc2nc(-c3ccc(Cl)cc3)cc(C(=O)Nc3ccccc3OC)c2c1. The molecule has 1 N–H and O–H groups in total. The van der Waals surface area contributed by atoms with E-state index in [4.69, 9.17) is 21.3 Å². The second-order valence-corrected chi connectivity index (χ2v) is 7.36. The lowest BCUT2D eigenvalue weighted by molar-refractivity contribution is 0.102. The molecular formula is C25H21ClN2O2. The summed E-state index contributed by atoms with van der Waals surface area (Å²) >= 11 is 6.03. The molecule has 4 rings (SSSR count). The highest BCUT2D eigenvalue weighted by Gasteiger charge is 2.16. The first kappa shape index (κ1) is 19.9. The lowest BCUT2D eigenvalue weighted by atomic mass is 10.0. The number of methoxy groups -OCH3 is 1. The fourth-order valence-corrected chi connectivity index (χ4v) is 3.51. The zero-order chi connectivity index (χ0) is 21.1. The van der Waals surface area contributed by atoms with Gasteiger partial charge in [-0.1, -0.05) is 48.9 Å². The van der Waals surface area contributed by atoms with Crippen LogP contribution in [-0.4, -0.2) is 18.0 Å². The third-order valence-electron chi connectivity index (χ3n) is 5.02. The molecule has 1 aromatic heterocycles. The Labute approximate surface area is 180 Å². The Balaban J connectivity index is 1.84. The molecule has 0 saturated carbocycles. The van der Waals surface area contributed by atoms with Gasteiger partial charge in [-0.25, -0.2) is 4.98 Å². The van der Waals surface area contributed by atoms with Gasteiger partial charge >= 0.3 is 0 Å². The van der Waals surface area contributed by atoms with E-state index in [9.17, 15) is 4.79 Å². The normalized spacial score (nSPS) is 10.8. The van der Waals surface area contributed by atoms with Crippen molar-refractivity contribution in [2.75, 3.05) is 12.4 Å². The second kappa shape index (κ2) is 8.56. The first-order valence-corrected chi connectivity index (χ1v) is 10.1. The molecule has 0 aliphatic rings. The monoisotopic (exact) mass is 416 g/mol. The summed E-state index contributed by atoms with van der Waals surface area (Å²) in [6.45, 7) is 2.09. The number of aryl methyl sites for hydroxylation is 1. The standard InChI is InChI=1S/C25H21ClN2O2/c1-3-16-8-13-21-19(14-16)20(15-23(27-21)17-9-11-18(26)12-10-17)25(29)28-22-6-4-5-7-24(22)30-2/h4-15H,3H2,1-2H3,(H,28,29). The van der Waals surface area contributed by atoms with Crippen molar-refractivity contribution in [2.45, 2.75) is 13.3 Å². The Hall–Kier alpha value is -3.37. The summed E-state index contributed by atoms with van der Waals surface area (Å²) in [5.41, 5.74) is 4.71. The number of hydrogen-bond acceptors (Lipinski definition) is 3. The van der Waals surface area contributed by atoms with Gasteiger partial charge in [0, 0.05) is 16.0 Å². The van der Waals surface area contributed by atoms with E-state index < -0.39 is 0 Å². The molecule has 0 fully saturated rings. The van der Waals surface area contributed by atoms with Crippen LogP contribution in [0.5, 0.6) is 5.75 Å². The highest BCUT2D eigenvalue weighted by atomic mass is 35.5. The van der Waals surface area contributed by atoms with Crippen LogP contribution in [0.15, 0.2) is 72.8 Å². The van der Waals surface area contributed by atoms with Crippen LogP contribution in [0.4, 0.5) is 5.69 Å². The maximum absolute atomic E-state index is 13.3. The number of aromatic nitrogens is 1. The van der Waals surface area contributed by atoms with Crippen molar-refractivity contribution in [1.82, 2.24) is 4.98 Å². The first-order chi connectivity index (χ1) is 14.6. The molecule has 1 amide bonds. The predicted octanol–water partition coefficient (Wildman–Crippen LogP) is 6.38. The van der Waals surface area contributed by atoms with Crippen LogP contribution in [-0.2, 0) is 6.42 Å². The number of nitrogens with zero attached hydrogens (tertiary/aromatic N) is 1. The van der Waals surface area contributed by atoms with Crippen LogP contribution in [0, 0.1) is 0 Å². The smallest absolute Gasteiger partial charge is 0.256 e. The molecule has 5 heteroatoms. The van der Waals surface area contributed by atoms with Crippen LogP contribution in [0.3, 0.4) is 0 Å². The summed E-state index contributed by atoms with van der Waals surface area (Å²) < 4.78 is 5.37. The third-order valence-corrected chi connectivity index (χ3v) is 5.27. The van der Waals surface area contributed by atoms with E-state index in [-0.39, 0.29) is 5.91 Å². The van der Waals surface area contributed by atoms with Gasteiger partial charge in [0.2, 0.25) is 0 Å². The third kappa shape index (κ3) is 4.00. The summed E-state index contributed by atoms with van der Waals surface area (Å²) in [4.78, 5) is 18.1. The minimum Gasteiger partial charge on any atom is -0.495 e. The lowest BCUT2D eigenvalue weighted by Gasteiger charge is -2.13. The molecule has 0 radical (unpaired) electrons. The molecule has 1 heterocycles. The zero-order valence-electron chi connectivity index (χ0n) is 16.8. The maximum Gasteiger partial charge on any atom is 0.256 e. The number of anilines is 1. The number of ether oxygens (including phenoxy) is 1. The fraction of sp³-hybridized carbons (Fsp3) is 0.120. The summed E-state index contributed by atoms with van der Waals surface area (Å²) in [6, 6.07) is 22.7. The van der Waals surface area contributed by atoms with Gasteiger partial charge in [0.25, 0.3) is 5.91 Å². The number of fused-ring (bicyclic) bond motifs is 1. The van der Waals surface area contributed by atoms with Crippen LogP contribution in [0.1, 0.15) is 22.8 Å². The summed E-state index contributed by atoms with van der Waals surface area (Å²) in [7, 11) is 1.58. The van der Waals surface area contributed by atoms with E-state index >= 15 is 0 Å². The lowest BCUT2D eigenvalue weighted by Crippen LogP contribution is -2.14. The Bertz CT molecular complexity index is 1220. The van der Waals surface area contributed by atoms with Gasteiger partial charge < -0.3 is 10.1 Å². The molecule has 0 unspecified atom stereocenters. The maximum atomic E-state index is 13.3. The Kier molecular flexibility index (Phi) is 5.68. The molecule has 0 spiro atoms. The molecule has 30 heavy (non-hydrogen) atoms. The van der Waals surface area contributed by atoms with Crippen LogP contribution in [0.2, 0.25) is 5.02 Å². The van der Waals surface area contributed by atoms with E-state index in [1.807, 2.05) is 72.8 Å². The van der Waals surface area contributed by atoms with Crippen molar-refractivity contribution in [3.05, 3.63) is 88.9 Å². The quantitative estimate of drug-likeness (QED) is 0.410. The largest absolute Gasteiger partial charge is 0.495 e. The number of rotatable bonds is 5. The Morgan fingerprint density at radius 2 is 1.80 bits per heavy atom. The van der Waals surface area contributed by atoms with E-state index in [0.717, 1.165) is 28.5 Å². The number of benzene rings is 3. The topological polar surface area (TPSA) is 51.2 Å². The number of amides is 1. The summed E-state index contributed by atoms with van der Waals surface area (Å²) in [5, 5.41) is 4.46. The zero-order valence-corrected chi connectivity index (χ0v) is 17.5. The first-order valence-electron chi connectivity index (χ1n) is 9.73. The molecule has 3 aromatic carbocycles. The fourth-order valence-electron chi connectivity index (χ4n) is 3.39. The molecule has 4 nitrogen and oxygen atoms in total. The van der Waals surface area contributed by atoms with Gasteiger partial charge in [-0.3, -0.25) is 4.79 Å². The second-order valence-electron chi connectivity index (χ2n) is 6.92. The highest BCUT2D eigenvalue weighted by Crippen LogP contribution is 2.29. The van der Waals surface area contributed by atoms with E-state index in [2.05, 4.69) is 12.2 Å². The molecular weight excluding hydrogens is 396 g/mol. The molecule has 0 saturated heterocycles. The average molecular weight is 417 g/mol. The van der Waals surface area contributed by atoms with Gasteiger partial charge in [0.15, 0.2) is 0 Å². The molecule has 150 valence electrons. The van der Waals surface area contributed by atoms with Crippen molar-refractivity contribution < 1.29 is 9.53 Å². The van der Waals surface area contributed by atoms with E-state index in [1.54, 1.807) is 7.11 Å². The van der Waals surface area contributed by atoms with Crippen molar-refractivity contribution in [3.8, 4) is 17.0 Å². The molecule has 0 bridgehead atoms. The van der Waals surface area contributed by atoms with Gasteiger partial charge in [0.1, 0.15) is 5.75 Å². The van der Waals surface area contributed by atoms with Crippen molar-refractivity contribution in [3.63, 3.8) is 0 Å². The van der Waals surface area contributed by atoms with Crippen LogP contribution in [0.25, 0.3) is 22.2 Å². The van der Waals surface area contributed by atoms with Gasteiger partial charge in [-0.05, 0) is 54.4 Å². The number of hydrogen-bond donors (Lipinski definition) is 1. The molecule has 0 atom stereocenters. The Morgan fingerprint density at radius 1 is 1.03 bits per heavy atom. The minimum atomic E-state index is -0.213. The van der Waals surface area contributed by atoms with Crippen LogP contribution < -0.4 is 10.1 Å².